The van der Waals surface area contributed by atoms with E-state index in [4.69, 9.17) is 9.47 Å². The highest BCUT2D eigenvalue weighted by atomic mass is 16.6. The fourth-order valence-corrected chi connectivity index (χ4v) is 5.40. The summed E-state index contributed by atoms with van der Waals surface area (Å²) in [6, 6.07) is 10.4. The Kier molecular flexibility index (Phi) is 6.13. The molecule has 6 rings (SSSR count). The van der Waals surface area contributed by atoms with Crippen LogP contribution in [0.25, 0.3) is 11.0 Å². The second-order valence-corrected chi connectivity index (χ2v) is 9.59. The van der Waals surface area contributed by atoms with Crippen LogP contribution in [0.5, 0.6) is 5.75 Å². The number of amides is 2. The molecule has 2 amide bonds. The number of carbonyl (C=O) groups is 2. The Hall–Kier alpha value is -4.50. The van der Waals surface area contributed by atoms with Gasteiger partial charge in [-0.2, -0.15) is 5.26 Å². The maximum atomic E-state index is 12.7. The lowest BCUT2D eigenvalue weighted by Crippen LogP contribution is -2.46. The highest BCUT2D eigenvalue weighted by Crippen LogP contribution is 2.37. The van der Waals surface area contributed by atoms with Gasteiger partial charge in [-0.3, -0.25) is 19.5 Å². The number of pyridine rings is 3. The minimum Gasteiger partial charge on any atom is -0.480 e. The van der Waals surface area contributed by atoms with E-state index in [-0.39, 0.29) is 36.3 Å². The summed E-state index contributed by atoms with van der Waals surface area (Å²) in [6.07, 6.45) is 3.75. The fourth-order valence-electron chi connectivity index (χ4n) is 5.40. The molecule has 0 unspecified atom stereocenters. The Bertz CT molecular complexity index is 1530. The van der Waals surface area contributed by atoms with Crippen LogP contribution in [0.4, 0.5) is 16.4 Å². The van der Waals surface area contributed by atoms with Crippen molar-refractivity contribution < 1.29 is 19.1 Å². The molecule has 0 radical (unpaired) electrons. The summed E-state index contributed by atoms with van der Waals surface area (Å²) in [5, 5.41) is 15.4. The number of fused-ring (bicyclic) bond motifs is 3. The van der Waals surface area contributed by atoms with Crippen LogP contribution in [0.15, 0.2) is 41.3 Å². The van der Waals surface area contributed by atoms with Crippen molar-refractivity contribution in [2.45, 2.75) is 50.4 Å². The van der Waals surface area contributed by atoms with E-state index in [1.807, 2.05) is 0 Å². The van der Waals surface area contributed by atoms with Gasteiger partial charge in [-0.1, -0.05) is 0 Å². The number of nitrogens with zero attached hydrogens (tertiary/aromatic N) is 5. The molecule has 0 aromatic carbocycles. The number of carbonyl (C=O) groups excluding carboxylic acids is 2. The summed E-state index contributed by atoms with van der Waals surface area (Å²) >= 11 is 0. The molecular formula is C26H25N7O5. The average Bonchev–Trinajstić information content (AvgIpc) is 3.26. The number of rotatable bonds is 6. The Balaban J connectivity index is 1.06. The Morgan fingerprint density at radius 1 is 1.18 bits per heavy atom. The third-order valence-electron chi connectivity index (χ3n) is 7.20. The van der Waals surface area contributed by atoms with Crippen molar-refractivity contribution in [3.8, 4) is 11.8 Å². The third kappa shape index (κ3) is 4.41. The lowest BCUT2D eigenvalue weighted by Gasteiger charge is -2.33. The maximum absolute atomic E-state index is 12.7. The van der Waals surface area contributed by atoms with E-state index in [2.05, 4.69) is 26.7 Å². The van der Waals surface area contributed by atoms with Gasteiger partial charge in [0.1, 0.15) is 18.0 Å². The van der Waals surface area contributed by atoms with Crippen LogP contribution in [0, 0.1) is 11.3 Å². The quantitative estimate of drug-likeness (QED) is 0.469. The molecule has 1 saturated heterocycles. The van der Waals surface area contributed by atoms with E-state index in [0.29, 0.717) is 59.9 Å². The normalized spacial score (nSPS) is 22.2. The number of nitrogens with one attached hydrogen (secondary N) is 2. The van der Waals surface area contributed by atoms with Crippen LogP contribution in [-0.2, 0) is 16.1 Å². The Morgan fingerprint density at radius 2 is 2.08 bits per heavy atom. The Labute approximate surface area is 217 Å². The zero-order chi connectivity index (χ0) is 26.2. The summed E-state index contributed by atoms with van der Waals surface area (Å²) < 4.78 is 12.7. The van der Waals surface area contributed by atoms with E-state index in [0.717, 1.165) is 12.8 Å². The summed E-state index contributed by atoms with van der Waals surface area (Å²) in [4.78, 5) is 47.2. The largest absolute Gasteiger partial charge is 0.480 e. The van der Waals surface area contributed by atoms with Crippen LogP contribution in [0.1, 0.15) is 31.2 Å². The van der Waals surface area contributed by atoms with Crippen molar-refractivity contribution in [1.29, 1.82) is 5.26 Å². The molecule has 1 aliphatic carbocycles. The van der Waals surface area contributed by atoms with E-state index in [9.17, 15) is 19.6 Å². The summed E-state index contributed by atoms with van der Waals surface area (Å²) in [6.45, 7) is 1.11. The van der Waals surface area contributed by atoms with Gasteiger partial charge in [0.2, 0.25) is 0 Å². The van der Waals surface area contributed by atoms with Gasteiger partial charge >= 0.3 is 6.09 Å². The lowest BCUT2D eigenvalue weighted by atomic mass is 9.88. The molecule has 5 heterocycles. The van der Waals surface area contributed by atoms with E-state index >= 15 is 0 Å². The van der Waals surface area contributed by atoms with Crippen LogP contribution in [-0.4, -0.2) is 57.9 Å². The molecule has 3 aromatic heterocycles. The van der Waals surface area contributed by atoms with Gasteiger partial charge in [0.05, 0.1) is 22.6 Å². The molecule has 2 fully saturated rings. The highest BCUT2D eigenvalue weighted by Gasteiger charge is 2.46. The second kappa shape index (κ2) is 9.75. The van der Waals surface area contributed by atoms with Gasteiger partial charge in [-0.15, -0.1) is 0 Å². The number of aryl methyl sites for hydroxylation is 1. The minimum absolute atomic E-state index is 0.0586. The summed E-state index contributed by atoms with van der Waals surface area (Å²) in [7, 11) is 0. The van der Waals surface area contributed by atoms with Crippen LogP contribution in [0.3, 0.4) is 0 Å². The number of hydrogen-bond acceptors (Lipinski definition) is 9. The minimum atomic E-state index is -0.447. The van der Waals surface area contributed by atoms with Gasteiger partial charge < -0.3 is 24.7 Å². The molecule has 3 atom stereocenters. The van der Waals surface area contributed by atoms with Gasteiger partial charge in [-0.05, 0) is 50.1 Å². The first-order valence-corrected chi connectivity index (χ1v) is 12.6. The molecule has 0 spiro atoms. The van der Waals surface area contributed by atoms with Crippen LogP contribution >= 0.6 is 0 Å². The number of nitriles is 1. The predicted molar refractivity (Wildman–Crippen MR) is 136 cm³/mol. The predicted octanol–water partition coefficient (Wildman–Crippen LogP) is 1.92. The van der Waals surface area contributed by atoms with E-state index < -0.39 is 6.09 Å². The zero-order valence-electron chi connectivity index (χ0n) is 20.4. The number of ether oxygens (including phenoxy) is 2. The average molecular weight is 516 g/mol. The third-order valence-corrected chi connectivity index (χ3v) is 7.20. The first-order chi connectivity index (χ1) is 18.5. The molecule has 3 aromatic rings. The molecule has 12 heteroatoms. The van der Waals surface area contributed by atoms with E-state index in [1.165, 1.54) is 12.3 Å². The van der Waals surface area contributed by atoms with Crippen molar-refractivity contribution in [2.24, 2.45) is 0 Å². The van der Waals surface area contributed by atoms with Crippen molar-refractivity contribution in [3.05, 3.63) is 52.4 Å². The number of hydrogen-bond donors (Lipinski definition) is 2. The first-order valence-electron chi connectivity index (χ1n) is 12.6. The molecule has 2 aliphatic heterocycles. The van der Waals surface area contributed by atoms with Crippen molar-refractivity contribution in [2.75, 3.05) is 23.4 Å². The molecule has 12 nitrogen and oxygen atoms in total. The SMILES string of the molecule is N#Cc1cnc2ccc(=O)n(CCCN[C@H]3CC[C@H]4[C@H](C3)OC(=O)N4c3ccc4c(n3)NC(=O)CO4)c2c1. The first kappa shape index (κ1) is 23.9. The number of aromatic nitrogens is 3. The van der Waals surface area contributed by atoms with Crippen LogP contribution < -0.4 is 25.8 Å². The van der Waals surface area contributed by atoms with Gasteiger partial charge in [0.25, 0.3) is 11.5 Å². The standard InChI is InChI=1S/C26H25N7O5/c27-12-15-10-19-17(29-13-15)3-7-24(35)32(19)9-1-8-28-16-2-4-18-21(11-16)38-26(36)33(18)22-6-5-20-25(30-22)31-23(34)14-37-20/h3,5-7,10,13,16,18,21,28H,1-2,4,8-9,11,14H2,(H,30,31,34)/t16-,18-,21-/m0/s1. The topological polar surface area (TPSA) is 151 Å². The van der Waals surface area contributed by atoms with Crippen molar-refractivity contribution in [1.82, 2.24) is 19.9 Å². The van der Waals surface area contributed by atoms with E-state index in [1.54, 1.807) is 33.7 Å². The molecular weight excluding hydrogens is 490 g/mol. The molecule has 2 N–H and O–H groups in total. The summed E-state index contributed by atoms with van der Waals surface area (Å²) in [5.74, 6) is 0.908. The lowest BCUT2D eigenvalue weighted by molar-refractivity contribution is -0.118. The molecule has 0 bridgehead atoms. The number of anilines is 2. The Morgan fingerprint density at radius 3 is 2.95 bits per heavy atom. The van der Waals surface area contributed by atoms with Gasteiger partial charge in [-0.25, -0.2) is 9.78 Å². The van der Waals surface area contributed by atoms with Gasteiger partial charge in [0.15, 0.2) is 18.2 Å². The monoisotopic (exact) mass is 515 g/mol. The molecule has 3 aliphatic rings. The zero-order valence-corrected chi connectivity index (χ0v) is 20.4. The molecule has 1 saturated carbocycles. The highest BCUT2D eigenvalue weighted by molar-refractivity contribution is 5.95. The maximum Gasteiger partial charge on any atom is 0.416 e. The second-order valence-electron chi connectivity index (χ2n) is 9.59. The summed E-state index contributed by atoms with van der Waals surface area (Å²) in [5.41, 5.74) is 1.60. The molecule has 194 valence electrons. The van der Waals surface area contributed by atoms with Crippen molar-refractivity contribution >= 4 is 34.7 Å². The fraction of sp³-hybridized carbons (Fsp3) is 0.385. The van der Waals surface area contributed by atoms with Crippen LogP contribution in [0.2, 0.25) is 0 Å². The van der Waals surface area contributed by atoms with Gasteiger partial charge in [0, 0.05) is 31.3 Å². The van der Waals surface area contributed by atoms with Crippen molar-refractivity contribution in [3.63, 3.8) is 0 Å². The smallest absolute Gasteiger partial charge is 0.416 e. The molecule has 38 heavy (non-hydrogen) atoms.